The molecule has 0 aliphatic carbocycles. The van der Waals surface area contributed by atoms with Crippen molar-refractivity contribution in [2.24, 2.45) is 5.84 Å². The van der Waals surface area contributed by atoms with Crippen LogP contribution in [-0.2, 0) is 6.42 Å². The van der Waals surface area contributed by atoms with Gasteiger partial charge in [0.25, 0.3) is 0 Å². The number of hydrogen-bond acceptors (Lipinski definition) is 5. The van der Waals surface area contributed by atoms with Crippen LogP contribution in [0.2, 0.25) is 0 Å². The summed E-state index contributed by atoms with van der Waals surface area (Å²) < 4.78 is 1.10. The number of nitrogens with zero attached hydrogens (tertiary/aromatic N) is 1. The van der Waals surface area contributed by atoms with Crippen molar-refractivity contribution in [1.82, 2.24) is 10.4 Å². The molecule has 1 unspecified atom stereocenters. The summed E-state index contributed by atoms with van der Waals surface area (Å²) in [6, 6.07) is 0.113. The number of nitrogens with two attached hydrogens (primary N) is 1. The molecule has 86 valence electrons. The van der Waals surface area contributed by atoms with Crippen molar-refractivity contribution in [3.8, 4) is 0 Å². The van der Waals surface area contributed by atoms with Gasteiger partial charge in [0.1, 0.15) is 0 Å². The van der Waals surface area contributed by atoms with Gasteiger partial charge >= 0.3 is 0 Å². The molecule has 1 atom stereocenters. The van der Waals surface area contributed by atoms with Gasteiger partial charge in [-0.3, -0.25) is 11.3 Å². The Hall–Kier alpha value is -0.270. The maximum Gasteiger partial charge on any atom is 0.0897 e. The molecule has 0 fully saturated rings. The van der Waals surface area contributed by atoms with Gasteiger partial charge in [-0.05, 0) is 33.8 Å². The Labute approximate surface area is 111 Å². The molecule has 0 aliphatic heterocycles. The Kier molecular flexibility index (Phi) is 4.10. The van der Waals surface area contributed by atoms with Crippen molar-refractivity contribution in [2.45, 2.75) is 19.4 Å². The average Bonchev–Trinajstić information content (AvgIpc) is 2.84. The zero-order valence-corrected chi connectivity index (χ0v) is 12.0. The number of nitrogens with one attached hydrogen (secondary N) is 1. The number of halogens is 1. The summed E-state index contributed by atoms with van der Waals surface area (Å²) >= 11 is 6.86. The maximum atomic E-state index is 5.60. The van der Waals surface area contributed by atoms with E-state index in [1.54, 1.807) is 22.7 Å². The van der Waals surface area contributed by atoms with Gasteiger partial charge in [0.15, 0.2) is 0 Å². The largest absolute Gasteiger partial charge is 0.271 e. The number of rotatable bonds is 4. The first kappa shape index (κ1) is 12.2. The molecule has 0 aliphatic rings. The van der Waals surface area contributed by atoms with Crippen molar-refractivity contribution in [3.05, 3.63) is 36.9 Å². The number of hydrazine groups is 1. The van der Waals surface area contributed by atoms with Crippen LogP contribution in [-0.4, -0.2) is 4.98 Å². The van der Waals surface area contributed by atoms with Gasteiger partial charge in [-0.25, -0.2) is 4.98 Å². The Bertz CT molecular complexity index is 466. The summed E-state index contributed by atoms with van der Waals surface area (Å²) in [5, 5.41) is 7.34. The van der Waals surface area contributed by atoms with Gasteiger partial charge in [0.05, 0.1) is 16.7 Å². The van der Waals surface area contributed by atoms with Crippen LogP contribution < -0.4 is 11.3 Å². The van der Waals surface area contributed by atoms with Crippen molar-refractivity contribution in [1.29, 1.82) is 0 Å². The van der Waals surface area contributed by atoms with E-state index >= 15 is 0 Å². The van der Waals surface area contributed by atoms with Crippen LogP contribution in [0, 0.1) is 6.92 Å². The molecule has 3 nitrogen and oxygen atoms in total. The van der Waals surface area contributed by atoms with Crippen molar-refractivity contribution in [2.75, 3.05) is 0 Å². The standard InChI is InChI=1S/C10H12BrN3S2/c1-6-13-7(3-16-6)2-10(14-12)8-4-15-5-9(8)11/h3-5,10,14H,2,12H2,1H3. The molecule has 2 aromatic heterocycles. The molecule has 16 heavy (non-hydrogen) atoms. The van der Waals surface area contributed by atoms with Crippen LogP contribution in [0.25, 0.3) is 0 Å². The fraction of sp³-hybridized carbons (Fsp3) is 0.300. The summed E-state index contributed by atoms with van der Waals surface area (Å²) in [7, 11) is 0. The predicted molar refractivity (Wildman–Crippen MR) is 72.6 cm³/mol. The third-order valence-electron chi connectivity index (χ3n) is 2.30. The fourth-order valence-corrected chi connectivity index (χ4v) is 3.76. The third kappa shape index (κ3) is 2.70. The quantitative estimate of drug-likeness (QED) is 0.673. The molecule has 6 heteroatoms. The van der Waals surface area contributed by atoms with Gasteiger partial charge in [0.2, 0.25) is 0 Å². The molecular weight excluding hydrogens is 306 g/mol. The van der Waals surface area contributed by atoms with Crippen LogP contribution in [0.15, 0.2) is 20.6 Å². The average molecular weight is 318 g/mol. The Morgan fingerprint density at radius 3 is 2.81 bits per heavy atom. The van der Waals surface area contributed by atoms with Crippen LogP contribution in [0.1, 0.15) is 22.3 Å². The highest BCUT2D eigenvalue weighted by Crippen LogP contribution is 2.29. The zero-order chi connectivity index (χ0) is 11.5. The first-order valence-electron chi connectivity index (χ1n) is 4.79. The SMILES string of the molecule is Cc1nc(CC(NN)c2cscc2Br)cs1. The first-order chi connectivity index (χ1) is 7.70. The maximum absolute atomic E-state index is 5.60. The van der Waals surface area contributed by atoms with E-state index in [2.05, 4.69) is 42.5 Å². The van der Waals surface area contributed by atoms with E-state index in [9.17, 15) is 0 Å². The summed E-state index contributed by atoms with van der Waals surface area (Å²) in [6.07, 6.45) is 0.816. The molecule has 2 aromatic rings. The summed E-state index contributed by atoms with van der Waals surface area (Å²) in [4.78, 5) is 4.45. The number of thiophene rings is 1. The van der Waals surface area contributed by atoms with E-state index < -0.39 is 0 Å². The first-order valence-corrected chi connectivity index (χ1v) is 7.41. The molecule has 3 N–H and O–H groups in total. The molecule has 2 heterocycles. The molecule has 0 saturated heterocycles. The third-order valence-corrected chi connectivity index (χ3v) is 4.87. The molecule has 2 rings (SSSR count). The monoisotopic (exact) mass is 317 g/mol. The smallest absolute Gasteiger partial charge is 0.0897 e. The van der Waals surface area contributed by atoms with Crippen molar-refractivity contribution < 1.29 is 0 Å². The minimum absolute atomic E-state index is 0.113. The number of aryl methyl sites for hydroxylation is 1. The normalized spacial score (nSPS) is 12.9. The van der Waals surface area contributed by atoms with Crippen LogP contribution in [0.5, 0.6) is 0 Å². The highest BCUT2D eigenvalue weighted by molar-refractivity contribution is 9.10. The lowest BCUT2D eigenvalue weighted by molar-refractivity contribution is 0.546. The van der Waals surface area contributed by atoms with Gasteiger partial charge in [-0.1, -0.05) is 0 Å². The van der Waals surface area contributed by atoms with E-state index in [0.717, 1.165) is 21.6 Å². The number of hydrogen-bond donors (Lipinski definition) is 2. The van der Waals surface area contributed by atoms with Crippen LogP contribution in [0.3, 0.4) is 0 Å². The van der Waals surface area contributed by atoms with E-state index in [1.165, 1.54) is 5.56 Å². The molecule has 0 radical (unpaired) electrons. The second-order valence-electron chi connectivity index (χ2n) is 3.46. The Morgan fingerprint density at radius 1 is 1.50 bits per heavy atom. The number of aromatic nitrogens is 1. The van der Waals surface area contributed by atoms with Crippen LogP contribution in [0.4, 0.5) is 0 Å². The van der Waals surface area contributed by atoms with Crippen LogP contribution >= 0.6 is 38.6 Å². The highest BCUT2D eigenvalue weighted by Gasteiger charge is 2.15. The topological polar surface area (TPSA) is 50.9 Å². The van der Waals surface area contributed by atoms with Crippen molar-refractivity contribution in [3.63, 3.8) is 0 Å². The van der Waals surface area contributed by atoms with Gasteiger partial charge in [0, 0.05) is 21.7 Å². The predicted octanol–water partition coefficient (Wildman–Crippen LogP) is 3.02. The summed E-state index contributed by atoms with van der Waals surface area (Å²) in [5.74, 6) is 5.60. The lowest BCUT2D eigenvalue weighted by Crippen LogP contribution is -2.29. The zero-order valence-electron chi connectivity index (χ0n) is 8.74. The number of thiazole rings is 1. The summed E-state index contributed by atoms with van der Waals surface area (Å²) in [5.41, 5.74) is 5.12. The van der Waals surface area contributed by atoms with E-state index in [0.29, 0.717) is 0 Å². The Balaban J connectivity index is 2.15. The van der Waals surface area contributed by atoms with E-state index in [4.69, 9.17) is 5.84 Å². The molecular formula is C10H12BrN3S2. The molecule has 0 spiro atoms. The molecule has 0 amide bonds. The van der Waals surface area contributed by atoms with Gasteiger partial charge in [-0.2, -0.15) is 11.3 Å². The lowest BCUT2D eigenvalue weighted by Gasteiger charge is -2.13. The lowest BCUT2D eigenvalue weighted by atomic mass is 10.1. The van der Waals surface area contributed by atoms with E-state index in [1.807, 2.05) is 6.92 Å². The summed E-state index contributed by atoms with van der Waals surface area (Å²) in [6.45, 7) is 2.01. The second-order valence-corrected chi connectivity index (χ2v) is 6.12. The second kappa shape index (κ2) is 5.37. The van der Waals surface area contributed by atoms with Crippen molar-refractivity contribution >= 4 is 38.6 Å². The van der Waals surface area contributed by atoms with Gasteiger partial charge in [-0.15, -0.1) is 11.3 Å². The highest BCUT2D eigenvalue weighted by atomic mass is 79.9. The van der Waals surface area contributed by atoms with Gasteiger partial charge < -0.3 is 0 Å². The molecule has 0 aromatic carbocycles. The molecule has 0 saturated carbocycles. The Morgan fingerprint density at radius 2 is 2.31 bits per heavy atom. The molecule has 0 bridgehead atoms. The fourth-order valence-electron chi connectivity index (χ4n) is 1.51. The van der Waals surface area contributed by atoms with E-state index in [-0.39, 0.29) is 6.04 Å². The minimum Gasteiger partial charge on any atom is -0.271 e. The minimum atomic E-state index is 0.113.